The van der Waals surface area contributed by atoms with E-state index in [4.69, 9.17) is 17.0 Å². The molecule has 3 aromatic rings. The molecule has 0 spiro atoms. The molecule has 1 saturated heterocycles. The first-order chi connectivity index (χ1) is 14.6. The molecule has 156 valence electrons. The van der Waals surface area contributed by atoms with Gasteiger partial charge in [-0.25, -0.2) is 0 Å². The van der Waals surface area contributed by atoms with Crippen LogP contribution in [0.1, 0.15) is 23.2 Å². The molecule has 0 unspecified atom stereocenters. The van der Waals surface area contributed by atoms with Crippen LogP contribution in [0.2, 0.25) is 0 Å². The van der Waals surface area contributed by atoms with E-state index >= 15 is 0 Å². The molecule has 6 nitrogen and oxygen atoms in total. The Morgan fingerprint density at radius 3 is 2.43 bits per heavy atom. The number of likely N-dealkylation sites (tertiary alicyclic amines) is 1. The van der Waals surface area contributed by atoms with Crippen molar-refractivity contribution in [2.45, 2.75) is 25.6 Å². The quantitative estimate of drug-likeness (QED) is 0.613. The zero-order valence-corrected chi connectivity index (χ0v) is 17.8. The summed E-state index contributed by atoms with van der Waals surface area (Å²) < 4.78 is 10.1. The fourth-order valence-electron chi connectivity index (χ4n) is 3.75. The molecule has 7 heteroatoms. The van der Waals surface area contributed by atoms with Crippen LogP contribution in [0.25, 0.3) is 5.69 Å². The predicted molar refractivity (Wildman–Crippen MR) is 120 cm³/mol. The van der Waals surface area contributed by atoms with Crippen molar-refractivity contribution in [3.8, 4) is 11.4 Å². The van der Waals surface area contributed by atoms with E-state index in [0.717, 1.165) is 48.8 Å². The number of benzene rings is 2. The minimum absolute atomic E-state index is 0.00726. The first-order valence-electron chi connectivity index (χ1n) is 10.1. The van der Waals surface area contributed by atoms with Crippen molar-refractivity contribution in [2.75, 3.05) is 20.2 Å². The average Bonchev–Trinajstić information content (AvgIpc) is 3.15. The summed E-state index contributed by atoms with van der Waals surface area (Å²) in [6.07, 6.45) is 5.89. The Morgan fingerprint density at radius 1 is 1.07 bits per heavy atom. The van der Waals surface area contributed by atoms with Gasteiger partial charge in [0.2, 0.25) is 0 Å². The second-order valence-electron chi connectivity index (χ2n) is 7.49. The van der Waals surface area contributed by atoms with E-state index in [0.29, 0.717) is 5.56 Å². The molecular weight excluding hydrogens is 396 g/mol. The molecule has 0 bridgehead atoms. The first kappa shape index (κ1) is 20.4. The number of aromatic nitrogens is 2. The molecule has 0 atom stereocenters. The van der Waals surface area contributed by atoms with Crippen molar-refractivity contribution in [2.24, 2.45) is 0 Å². The van der Waals surface area contributed by atoms with Gasteiger partial charge in [0.15, 0.2) is 4.77 Å². The van der Waals surface area contributed by atoms with Gasteiger partial charge in [0, 0.05) is 42.8 Å². The van der Waals surface area contributed by atoms with Crippen LogP contribution >= 0.6 is 12.2 Å². The maximum Gasteiger partial charge on any atom is 0.251 e. The van der Waals surface area contributed by atoms with Gasteiger partial charge < -0.3 is 14.6 Å². The maximum atomic E-state index is 12.4. The number of ether oxygens (including phenoxy) is 1. The molecular formula is C23H26N4O2S. The summed E-state index contributed by atoms with van der Waals surface area (Å²) in [6.45, 7) is 2.60. The summed E-state index contributed by atoms with van der Waals surface area (Å²) in [5.41, 5.74) is 1.73. The highest BCUT2D eigenvalue weighted by molar-refractivity contribution is 7.71. The monoisotopic (exact) mass is 422 g/mol. The summed E-state index contributed by atoms with van der Waals surface area (Å²) in [7, 11) is 1.66. The van der Waals surface area contributed by atoms with E-state index in [1.54, 1.807) is 7.11 Å². The molecule has 1 N–H and O–H groups in total. The van der Waals surface area contributed by atoms with Gasteiger partial charge in [-0.05, 0) is 61.5 Å². The van der Waals surface area contributed by atoms with E-state index in [1.807, 2.05) is 71.6 Å². The van der Waals surface area contributed by atoms with E-state index in [2.05, 4.69) is 14.8 Å². The average molecular weight is 423 g/mol. The number of amides is 1. The van der Waals surface area contributed by atoms with Gasteiger partial charge in [0.1, 0.15) is 5.75 Å². The molecule has 4 rings (SSSR count). The van der Waals surface area contributed by atoms with Crippen LogP contribution in [0, 0.1) is 4.77 Å². The van der Waals surface area contributed by atoms with Gasteiger partial charge in [0.25, 0.3) is 5.91 Å². The fourth-order valence-corrected chi connectivity index (χ4v) is 4.04. The summed E-state index contributed by atoms with van der Waals surface area (Å²) in [5.74, 6) is 0.833. The van der Waals surface area contributed by atoms with E-state index in [1.165, 1.54) is 0 Å². The number of imidazole rings is 1. The Bertz CT molecular complexity index is 1040. The zero-order chi connectivity index (χ0) is 20.9. The number of rotatable bonds is 6. The third-order valence-corrected chi connectivity index (χ3v) is 5.94. The van der Waals surface area contributed by atoms with Crippen molar-refractivity contribution in [1.29, 1.82) is 0 Å². The van der Waals surface area contributed by atoms with Gasteiger partial charge in [-0.3, -0.25) is 14.3 Å². The van der Waals surface area contributed by atoms with E-state index in [-0.39, 0.29) is 11.9 Å². The van der Waals surface area contributed by atoms with Crippen LogP contribution in [-0.2, 0) is 6.67 Å². The van der Waals surface area contributed by atoms with E-state index < -0.39 is 0 Å². The molecule has 1 aliphatic rings. The number of nitrogens with one attached hydrogen (secondary N) is 1. The topological polar surface area (TPSA) is 51.4 Å². The summed E-state index contributed by atoms with van der Waals surface area (Å²) in [4.78, 5) is 14.7. The first-order valence-corrected chi connectivity index (χ1v) is 10.6. The minimum Gasteiger partial charge on any atom is -0.497 e. The Kier molecular flexibility index (Phi) is 6.30. The summed E-state index contributed by atoms with van der Waals surface area (Å²) >= 11 is 5.68. The molecule has 30 heavy (non-hydrogen) atoms. The lowest BCUT2D eigenvalue weighted by molar-refractivity contribution is 0.0899. The second-order valence-corrected chi connectivity index (χ2v) is 7.86. The lowest BCUT2D eigenvalue weighted by Gasteiger charge is -2.32. The van der Waals surface area contributed by atoms with Crippen LogP contribution < -0.4 is 10.1 Å². The highest BCUT2D eigenvalue weighted by Crippen LogP contribution is 2.17. The SMILES string of the molecule is COc1ccc(-n2ccn(CN3CCC(NC(=O)c4ccccc4)CC3)c2=S)cc1. The molecule has 2 aromatic carbocycles. The lowest BCUT2D eigenvalue weighted by atomic mass is 10.0. The third kappa shape index (κ3) is 4.63. The molecule has 1 amide bonds. The van der Waals surface area contributed by atoms with E-state index in [9.17, 15) is 4.79 Å². The molecule has 1 aliphatic heterocycles. The van der Waals surface area contributed by atoms with Gasteiger partial charge in [-0.15, -0.1) is 0 Å². The predicted octanol–water partition coefficient (Wildman–Crippen LogP) is 3.87. The van der Waals surface area contributed by atoms with Crippen molar-refractivity contribution in [1.82, 2.24) is 19.4 Å². The number of methoxy groups -OCH3 is 1. The van der Waals surface area contributed by atoms with Crippen molar-refractivity contribution in [3.05, 3.63) is 77.3 Å². The van der Waals surface area contributed by atoms with Crippen LogP contribution in [0.5, 0.6) is 5.75 Å². The number of hydrogen-bond donors (Lipinski definition) is 1. The molecule has 0 radical (unpaired) electrons. The molecule has 0 saturated carbocycles. The van der Waals surface area contributed by atoms with Crippen molar-refractivity contribution >= 4 is 18.1 Å². The van der Waals surface area contributed by atoms with Crippen LogP contribution in [0.15, 0.2) is 67.0 Å². The fraction of sp³-hybridized carbons (Fsp3) is 0.304. The smallest absolute Gasteiger partial charge is 0.251 e. The third-order valence-electron chi connectivity index (χ3n) is 5.51. The second kappa shape index (κ2) is 9.28. The number of carbonyl (C=O) groups excluding carboxylic acids is 1. The van der Waals surface area contributed by atoms with Gasteiger partial charge >= 0.3 is 0 Å². The normalized spacial score (nSPS) is 15.1. The van der Waals surface area contributed by atoms with Gasteiger partial charge in [-0.1, -0.05) is 18.2 Å². The standard InChI is InChI=1S/C23H26N4O2S/c1-29-21-9-7-20(8-10-21)27-16-15-26(23(27)30)17-25-13-11-19(12-14-25)24-22(28)18-5-3-2-4-6-18/h2-10,15-16,19H,11-14,17H2,1H3,(H,24,28). The highest BCUT2D eigenvalue weighted by Gasteiger charge is 2.21. The lowest BCUT2D eigenvalue weighted by Crippen LogP contribution is -2.45. The number of carbonyl (C=O) groups is 1. The number of nitrogens with zero attached hydrogens (tertiary/aromatic N) is 3. The number of hydrogen-bond acceptors (Lipinski definition) is 4. The van der Waals surface area contributed by atoms with Crippen LogP contribution in [0.4, 0.5) is 0 Å². The van der Waals surface area contributed by atoms with Crippen molar-refractivity contribution < 1.29 is 9.53 Å². The van der Waals surface area contributed by atoms with Crippen LogP contribution in [-0.4, -0.2) is 46.2 Å². The Hall–Kier alpha value is -2.90. The Balaban J connectivity index is 1.32. The minimum atomic E-state index is 0.00726. The molecule has 1 fully saturated rings. The van der Waals surface area contributed by atoms with Crippen LogP contribution in [0.3, 0.4) is 0 Å². The van der Waals surface area contributed by atoms with Crippen molar-refractivity contribution in [3.63, 3.8) is 0 Å². The molecule has 2 heterocycles. The Labute approximate surface area is 181 Å². The summed E-state index contributed by atoms with van der Waals surface area (Å²) in [5, 5.41) is 3.16. The number of piperidine rings is 1. The molecule has 0 aliphatic carbocycles. The maximum absolute atomic E-state index is 12.4. The zero-order valence-electron chi connectivity index (χ0n) is 17.0. The Morgan fingerprint density at radius 2 is 1.77 bits per heavy atom. The van der Waals surface area contributed by atoms with Gasteiger partial charge in [0.05, 0.1) is 13.8 Å². The highest BCUT2D eigenvalue weighted by atomic mass is 32.1. The molecule has 1 aromatic heterocycles. The largest absolute Gasteiger partial charge is 0.497 e. The van der Waals surface area contributed by atoms with Gasteiger partial charge in [-0.2, -0.15) is 0 Å². The summed E-state index contributed by atoms with van der Waals surface area (Å²) in [6, 6.07) is 17.5.